The summed E-state index contributed by atoms with van der Waals surface area (Å²) in [7, 11) is 0. The van der Waals surface area contributed by atoms with Gasteiger partial charge in [-0.2, -0.15) is 5.10 Å². The van der Waals surface area contributed by atoms with Crippen LogP contribution in [0.4, 0.5) is 15.0 Å². The van der Waals surface area contributed by atoms with Crippen molar-refractivity contribution in [3.63, 3.8) is 0 Å². The Labute approximate surface area is 122 Å². The molecule has 2 N–H and O–H groups in total. The van der Waals surface area contributed by atoms with Gasteiger partial charge in [0.2, 0.25) is 0 Å². The lowest BCUT2D eigenvalue weighted by atomic mass is 9.91. The van der Waals surface area contributed by atoms with E-state index in [1.54, 1.807) is 19.9 Å². The van der Waals surface area contributed by atoms with E-state index < -0.39 is 18.2 Å². The summed E-state index contributed by atoms with van der Waals surface area (Å²) < 4.78 is 14.6. The van der Waals surface area contributed by atoms with E-state index in [1.807, 2.05) is 31.2 Å². The smallest absolute Gasteiger partial charge is 0.410 e. The maximum atomic E-state index is 13.1. The SMILES string of the molecule is Cc1ccc(-n2nc(C(C)(C)CF)cc2NC(=O)O)cc1. The van der Waals surface area contributed by atoms with Crippen molar-refractivity contribution in [3.05, 3.63) is 41.6 Å². The van der Waals surface area contributed by atoms with E-state index >= 15 is 0 Å². The number of rotatable bonds is 4. The predicted octanol–water partition coefficient (Wildman–Crippen LogP) is 3.52. The number of nitrogens with zero attached hydrogens (tertiary/aromatic N) is 2. The Balaban J connectivity index is 2.52. The summed E-state index contributed by atoms with van der Waals surface area (Å²) in [5.74, 6) is 0.294. The highest BCUT2D eigenvalue weighted by Gasteiger charge is 2.26. The molecule has 2 rings (SSSR count). The van der Waals surface area contributed by atoms with Gasteiger partial charge in [0.15, 0.2) is 0 Å². The molecule has 1 aromatic carbocycles. The quantitative estimate of drug-likeness (QED) is 0.905. The van der Waals surface area contributed by atoms with Gasteiger partial charge in [-0.05, 0) is 19.1 Å². The molecule has 1 aromatic heterocycles. The second kappa shape index (κ2) is 5.55. The number of hydrogen-bond acceptors (Lipinski definition) is 2. The number of amides is 1. The molecular weight excluding hydrogens is 273 g/mol. The number of carbonyl (C=O) groups is 1. The van der Waals surface area contributed by atoms with E-state index in [0.717, 1.165) is 5.56 Å². The zero-order valence-electron chi connectivity index (χ0n) is 12.2. The molecule has 6 heteroatoms. The van der Waals surface area contributed by atoms with Crippen molar-refractivity contribution < 1.29 is 14.3 Å². The third kappa shape index (κ3) is 3.21. The van der Waals surface area contributed by atoms with Crippen molar-refractivity contribution in [1.82, 2.24) is 9.78 Å². The molecule has 0 bridgehead atoms. The Hall–Kier alpha value is -2.37. The Morgan fingerprint density at radius 1 is 1.38 bits per heavy atom. The Morgan fingerprint density at radius 3 is 2.52 bits per heavy atom. The standard InChI is InChI=1S/C15H18FN3O2/c1-10-4-6-11(7-5-10)19-13(17-14(20)21)8-12(18-19)15(2,3)9-16/h4-8,17H,9H2,1-3H3,(H,20,21). The van der Waals surface area contributed by atoms with Crippen LogP contribution in [0, 0.1) is 6.92 Å². The molecule has 21 heavy (non-hydrogen) atoms. The summed E-state index contributed by atoms with van der Waals surface area (Å²) in [5, 5.41) is 15.6. The van der Waals surface area contributed by atoms with Crippen LogP contribution in [-0.4, -0.2) is 27.7 Å². The number of nitrogens with one attached hydrogen (secondary N) is 1. The number of alkyl halides is 1. The molecule has 1 amide bonds. The molecule has 0 saturated heterocycles. The monoisotopic (exact) mass is 291 g/mol. The number of carboxylic acid groups (broad SMARTS) is 1. The van der Waals surface area contributed by atoms with E-state index in [9.17, 15) is 9.18 Å². The van der Waals surface area contributed by atoms with E-state index in [-0.39, 0.29) is 0 Å². The minimum absolute atomic E-state index is 0.294. The van der Waals surface area contributed by atoms with Gasteiger partial charge in [-0.15, -0.1) is 0 Å². The zero-order valence-corrected chi connectivity index (χ0v) is 12.2. The van der Waals surface area contributed by atoms with E-state index in [1.165, 1.54) is 4.68 Å². The number of aromatic nitrogens is 2. The van der Waals surface area contributed by atoms with Gasteiger partial charge < -0.3 is 5.11 Å². The molecule has 112 valence electrons. The van der Waals surface area contributed by atoms with E-state index in [2.05, 4.69) is 10.4 Å². The normalized spacial score (nSPS) is 11.4. The number of benzene rings is 1. The average molecular weight is 291 g/mol. The summed E-state index contributed by atoms with van der Waals surface area (Å²) in [4.78, 5) is 10.9. The predicted molar refractivity (Wildman–Crippen MR) is 78.9 cm³/mol. The van der Waals surface area contributed by atoms with Gasteiger partial charge in [0.1, 0.15) is 12.5 Å². The average Bonchev–Trinajstić information content (AvgIpc) is 2.83. The first-order valence-electron chi connectivity index (χ1n) is 6.57. The van der Waals surface area contributed by atoms with E-state index in [0.29, 0.717) is 17.2 Å². The van der Waals surface area contributed by atoms with Gasteiger partial charge >= 0.3 is 6.09 Å². The largest absolute Gasteiger partial charge is 0.465 e. The van der Waals surface area contributed by atoms with Gasteiger partial charge in [-0.25, -0.2) is 9.48 Å². The molecule has 0 atom stereocenters. The fourth-order valence-electron chi connectivity index (χ4n) is 1.86. The number of anilines is 1. The van der Waals surface area contributed by atoms with Gasteiger partial charge in [0.05, 0.1) is 11.4 Å². The minimum Gasteiger partial charge on any atom is -0.465 e. The van der Waals surface area contributed by atoms with Gasteiger partial charge in [-0.3, -0.25) is 9.71 Å². The molecule has 0 fully saturated rings. The number of aryl methyl sites for hydroxylation is 1. The topological polar surface area (TPSA) is 67.2 Å². The van der Waals surface area contributed by atoms with Crippen LogP contribution >= 0.6 is 0 Å². The second-order valence-electron chi connectivity index (χ2n) is 5.61. The van der Waals surface area contributed by atoms with Crippen LogP contribution in [-0.2, 0) is 5.41 Å². The highest BCUT2D eigenvalue weighted by Crippen LogP contribution is 2.27. The summed E-state index contributed by atoms with van der Waals surface area (Å²) in [5.41, 5.74) is 1.52. The van der Waals surface area contributed by atoms with E-state index in [4.69, 9.17) is 5.11 Å². The lowest BCUT2D eigenvalue weighted by Crippen LogP contribution is -2.20. The van der Waals surface area contributed by atoms with Crippen molar-refractivity contribution in [2.45, 2.75) is 26.2 Å². The number of halogens is 1. The van der Waals surface area contributed by atoms with Crippen LogP contribution in [0.3, 0.4) is 0 Å². The van der Waals surface area contributed by atoms with Gasteiger partial charge in [0.25, 0.3) is 0 Å². The molecule has 0 saturated carbocycles. The highest BCUT2D eigenvalue weighted by atomic mass is 19.1. The Kier molecular flexibility index (Phi) is 3.97. The lowest BCUT2D eigenvalue weighted by Gasteiger charge is -2.16. The fraction of sp³-hybridized carbons (Fsp3) is 0.333. The molecule has 1 heterocycles. The lowest BCUT2D eigenvalue weighted by molar-refractivity contribution is 0.209. The molecule has 0 aliphatic heterocycles. The van der Waals surface area contributed by atoms with Crippen LogP contribution in [0.5, 0.6) is 0 Å². The van der Waals surface area contributed by atoms with Gasteiger partial charge in [-0.1, -0.05) is 31.5 Å². The minimum atomic E-state index is -1.19. The maximum Gasteiger partial charge on any atom is 0.410 e. The molecule has 0 unspecified atom stereocenters. The first kappa shape index (κ1) is 15.0. The first-order chi connectivity index (χ1) is 9.83. The van der Waals surface area contributed by atoms with Crippen LogP contribution in [0.25, 0.3) is 5.69 Å². The number of hydrogen-bond donors (Lipinski definition) is 2. The molecule has 0 aliphatic rings. The summed E-state index contributed by atoms with van der Waals surface area (Å²) in [6.45, 7) is 4.82. The van der Waals surface area contributed by atoms with Crippen molar-refractivity contribution >= 4 is 11.9 Å². The van der Waals surface area contributed by atoms with Crippen molar-refractivity contribution in [2.75, 3.05) is 12.0 Å². The highest BCUT2D eigenvalue weighted by molar-refractivity contribution is 5.82. The second-order valence-corrected chi connectivity index (χ2v) is 5.61. The van der Waals surface area contributed by atoms with Crippen LogP contribution in [0.2, 0.25) is 0 Å². The summed E-state index contributed by atoms with van der Waals surface area (Å²) >= 11 is 0. The molecule has 2 aromatic rings. The molecule has 5 nitrogen and oxygen atoms in total. The summed E-state index contributed by atoms with van der Waals surface area (Å²) in [6, 6.07) is 9.04. The molecule has 0 spiro atoms. The molecule has 0 aliphatic carbocycles. The van der Waals surface area contributed by atoms with Crippen LogP contribution < -0.4 is 5.32 Å². The molecule has 0 radical (unpaired) electrons. The molecular formula is C15H18FN3O2. The zero-order chi connectivity index (χ0) is 15.6. The fourth-order valence-corrected chi connectivity index (χ4v) is 1.86. The third-order valence-electron chi connectivity index (χ3n) is 3.25. The van der Waals surface area contributed by atoms with Gasteiger partial charge in [0, 0.05) is 11.5 Å². The van der Waals surface area contributed by atoms with Crippen molar-refractivity contribution in [1.29, 1.82) is 0 Å². The van der Waals surface area contributed by atoms with Crippen LogP contribution in [0.15, 0.2) is 30.3 Å². The van der Waals surface area contributed by atoms with Crippen molar-refractivity contribution in [2.24, 2.45) is 0 Å². The maximum absolute atomic E-state index is 13.1. The van der Waals surface area contributed by atoms with Crippen LogP contribution in [0.1, 0.15) is 25.1 Å². The third-order valence-corrected chi connectivity index (χ3v) is 3.25. The first-order valence-corrected chi connectivity index (χ1v) is 6.57. The van der Waals surface area contributed by atoms with Crippen molar-refractivity contribution in [3.8, 4) is 5.69 Å². The summed E-state index contributed by atoms with van der Waals surface area (Å²) in [6.07, 6.45) is -1.19. The Bertz CT molecular complexity index is 647. The Morgan fingerprint density at radius 2 is 2.00 bits per heavy atom.